The molecule has 1 N–H and O–H groups in total. The number of alkyl carbamates (subject to hydrolysis) is 1. The molecule has 0 bridgehead atoms. The van der Waals surface area contributed by atoms with Gasteiger partial charge in [-0.1, -0.05) is 30.3 Å². The predicted octanol–water partition coefficient (Wildman–Crippen LogP) is 0.853. The standard InChI is InChI=1S/C13H15NO5/c1-17-12(15)11(10-8-18-10)14-13(16)19-7-9-5-3-2-4-6-9/h2-6,10-11H,7-8H2,1H3,(H,14,16)/t10-,11-/m0/s1. The maximum absolute atomic E-state index is 11.6. The summed E-state index contributed by atoms with van der Waals surface area (Å²) >= 11 is 0. The Balaban J connectivity index is 1.81. The lowest BCUT2D eigenvalue weighted by Gasteiger charge is -2.14. The molecule has 1 amide bonds. The second-order valence-corrected chi connectivity index (χ2v) is 4.08. The number of nitrogens with one attached hydrogen (secondary N) is 1. The van der Waals surface area contributed by atoms with Crippen LogP contribution in [0.2, 0.25) is 0 Å². The fourth-order valence-corrected chi connectivity index (χ4v) is 1.57. The zero-order valence-corrected chi connectivity index (χ0v) is 10.5. The zero-order valence-electron chi connectivity index (χ0n) is 10.5. The molecule has 0 spiro atoms. The molecule has 6 heteroatoms. The third-order valence-electron chi connectivity index (χ3n) is 2.67. The molecule has 0 unspecified atom stereocenters. The summed E-state index contributed by atoms with van der Waals surface area (Å²) in [7, 11) is 1.26. The fraction of sp³-hybridized carbons (Fsp3) is 0.385. The van der Waals surface area contributed by atoms with Crippen LogP contribution in [-0.2, 0) is 25.6 Å². The van der Waals surface area contributed by atoms with Gasteiger partial charge in [0.25, 0.3) is 0 Å². The van der Waals surface area contributed by atoms with E-state index in [1.165, 1.54) is 7.11 Å². The molecular weight excluding hydrogens is 250 g/mol. The number of esters is 1. The van der Waals surface area contributed by atoms with E-state index >= 15 is 0 Å². The molecule has 1 saturated heterocycles. The van der Waals surface area contributed by atoms with Crippen molar-refractivity contribution in [2.24, 2.45) is 0 Å². The first-order chi connectivity index (χ1) is 9.20. The number of benzene rings is 1. The van der Waals surface area contributed by atoms with E-state index in [1.54, 1.807) is 0 Å². The second-order valence-electron chi connectivity index (χ2n) is 4.08. The van der Waals surface area contributed by atoms with Gasteiger partial charge in [-0.3, -0.25) is 0 Å². The Kier molecular flexibility index (Phi) is 4.35. The summed E-state index contributed by atoms with van der Waals surface area (Å²) in [4.78, 5) is 23.0. The Morgan fingerprint density at radius 2 is 2.11 bits per heavy atom. The van der Waals surface area contributed by atoms with Crippen LogP contribution in [-0.4, -0.2) is 37.9 Å². The molecule has 1 aliphatic heterocycles. The van der Waals surface area contributed by atoms with Crippen molar-refractivity contribution in [2.45, 2.75) is 18.8 Å². The molecule has 1 aromatic carbocycles. The molecular formula is C13H15NO5. The summed E-state index contributed by atoms with van der Waals surface area (Å²) in [5.74, 6) is -0.542. The van der Waals surface area contributed by atoms with E-state index in [4.69, 9.17) is 9.47 Å². The quantitative estimate of drug-likeness (QED) is 0.631. The molecule has 1 heterocycles. The molecule has 19 heavy (non-hydrogen) atoms. The molecule has 0 aliphatic carbocycles. The lowest BCUT2D eigenvalue weighted by atomic mass is 10.2. The molecule has 6 nitrogen and oxygen atoms in total. The van der Waals surface area contributed by atoms with Gasteiger partial charge < -0.3 is 19.5 Å². The molecule has 2 rings (SSSR count). The third kappa shape index (κ3) is 3.96. The Hall–Kier alpha value is -2.08. The van der Waals surface area contributed by atoms with Gasteiger partial charge in [0.1, 0.15) is 12.7 Å². The molecule has 0 aromatic heterocycles. The predicted molar refractivity (Wildman–Crippen MR) is 65.3 cm³/mol. The van der Waals surface area contributed by atoms with Gasteiger partial charge in [0.2, 0.25) is 0 Å². The van der Waals surface area contributed by atoms with Gasteiger partial charge in [0.05, 0.1) is 13.7 Å². The van der Waals surface area contributed by atoms with Crippen molar-refractivity contribution in [1.82, 2.24) is 5.32 Å². The Morgan fingerprint density at radius 3 is 2.68 bits per heavy atom. The zero-order chi connectivity index (χ0) is 13.7. The van der Waals surface area contributed by atoms with Crippen LogP contribution >= 0.6 is 0 Å². The second kappa shape index (κ2) is 6.19. The van der Waals surface area contributed by atoms with Gasteiger partial charge in [-0.25, -0.2) is 9.59 Å². The van der Waals surface area contributed by atoms with Crippen molar-refractivity contribution in [3.63, 3.8) is 0 Å². The van der Waals surface area contributed by atoms with Crippen molar-refractivity contribution < 1.29 is 23.8 Å². The van der Waals surface area contributed by atoms with Crippen LogP contribution in [0.15, 0.2) is 30.3 Å². The summed E-state index contributed by atoms with van der Waals surface area (Å²) < 4.78 is 14.6. The number of amides is 1. The number of hydrogen-bond donors (Lipinski definition) is 1. The van der Waals surface area contributed by atoms with Crippen molar-refractivity contribution in [1.29, 1.82) is 0 Å². The largest absolute Gasteiger partial charge is 0.467 e. The topological polar surface area (TPSA) is 77.2 Å². The maximum atomic E-state index is 11.6. The van der Waals surface area contributed by atoms with Gasteiger partial charge >= 0.3 is 12.1 Å². The fourth-order valence-electron chi connectivity index (χ4n) is 1.57. The molecule has 0 radical (unpaired) electrons. The first-order valence-corrected chi connectivity index (χ1v) is 5.87. The number of carbonyl (C=O) groups is 2. The highest BCUT2D eigenvalue weighted by molar-refractivity contribution is 5.82. The van der Waals surface area contributed by atoms with E-state index in [-0.39, 0.29) is 12.7 Å². The van der Waals surface area contributed by atoms with Crippen LogP contribution in [0.25, 0.3) is 0 Å². The molecule has 1 aliphatic rings. The van der Waals surface area contributed by atoms with E-state index in [0.29, 0.717) is 6.61 Å². The number of methoxy groups -OCH3 is 1. The molecule has 1 aromatic rings. The summed E-state index contributed by atoms with van der Waals surface area (Å²) in [6.45, 7) is 0.574. The molecule has 2 atom stereocenters. The first-order valence-electron chi connectivity index (χ1n) is 5.87. The van der Waals surface area contributed by atoms with Crippen molar-refractivity contribution in [3.8, 4) is 0 Å². The summed E-state index contributed by atoms with van der Waals surface area (Å²) in [6, 6.07) is 8.46. The average molecular weight is 265 g/mol. The van der Waals surface area contributed by atoms with Crippen LogP contribution in [0, 0.1) is 0 Å². The minimum Gasteiger partial charge on any atom is -0.467 e. The minimum absolute atomic E-state index is 0.145. The highest BCUT2D eigenvalue weighted by Crippen LogP contribution is 2.15. The van der Waals surface area contributed by atoms with E-state index in [2.05, 4.69) is 10.1 Å². The number of carbonyl (C=O) groups excluding carboxylic acids is 2. The number of epoxide rings is 1. The SMILES string of the molecule is COC(=O)[C@@H](NC(=O)OCc1ccccc1)[C@@H]1CO1. The third-order valence-corrected chi connectivity index (χ3v) is 2.67. The van der Waals surface area contributed by atoms with Crippen molar-refractivity contribution >= 4 is 12.1 Å². The van der Waals surface area contributed by atoms with Crippen molar-refractivity contribution in [2.75, 3.05) is 13.7 Å². The summed E-state index contributed by atoms with van der Waals surface area (Å²) in [5.41, 5.74) is 0.870. The van der Waals surface area contributed by atoms with Crippen LogP contribution in [0.1, 0.15) is 5.56 Å². The number of hydrogen-bond acceptors (Lipinski definition) is 5. The van der Waals surface area contributed by atoms with E-state index in [1.807, 2.05) is 30.3 Å². The lowest BCUT2D eigenvalue weighted by molar-refractivity contribution is -0.143. The Labute approximate surface area is 110 Å². The summed E-state index contributed by atoms with van der Waals surface area (Å²) in [5, 5.41) is 2.44. The molecule has 0 saturated carbocycles. The van der Waals surface area contributed by atoms with E-state index < -0.39 is 18.1 Å². The smallest absolute Gasteiger partial charge is 0.408 e. The van der Waals surface area contributed by atoms with Crippen LogP contribution in [0.3, 0.4) is 0 Å². The van der Waals surface area contributed by atoms with Crippen LogP contribution < -0.4 is 5.32 Å². The van der Waals surface area contributed by atoms with Gasteiger partial charge in [-0.15, -0.1) is 0 Å². The Bertz CT molecular complexity index is 444. The lowest BCUT2D eigenvalue weighted by Crippen LogP contribution is -2.45. The molecule has 1 fully saturated rings. The maximum Gasteiger partial charge on any atom is 0.408 e. The van der Waals surface area contributed by atoms with E-state index in [9.17, 15) is 9.59 Å². The van der Waals surface area contributed by atoms with Crippen LogP contribution in [0.5, 0.6) is 0 Å². The number of ether oxygens (including phenoxy) is 3. The highest BCUT2D eigenvalue weighted by atomic mass is 16.6. The van der Waals surface area contributed by atoms with Gasteiger partial charge in [-0.2, -0.15) is 0 Å². The van der Waals surface area contributed by atoms with Gasteiger partial charge in [0.15, 0.2) is 6.04 Å². The normalized spacial score (nSPS) is 18.3. The van der Waals surface area contributed by atoms with Crippen LogP contribution in [0.4, 0.5) is 4.79 Å². The van der Waals surface area contributed by atoms with Gasteiger partial charge in [-0.05, 0) is 5.56 Å². The monoisotopic (exact) mass is 265 g/mol. The number of rotatable bonds is 5. The highest BCUT2D eigenvalue weighted by Gasteiger charge is 2.40. The Morgan fingerprint density at radius 1 is 1.42 bits per heavy atom. The first kappa shape index (κ1) is 13.4. The summed E-state index contributed by atoms with van der Waals surface area (Å²) in [6.07, 6.45) is -0.994. The average Bonchev–Trinajstić information content (AvgIpc) is 3.27. The molecule has 102 valence electrons. The minimum atomic E-state index is -0.812. The van der Waals surface area contributed by atoms with Gasteiger partial charge in [0, 0.05) is 0 Å². The van der Waals surface area contributed by atoms with Crippen molar-refractivity contribution in [3.05, 3.63) is 35.9 Å². The van der Waals surface area contributed by atoms with E-state index in [0.717, 1.165) is 5.56 Å².